The maximum Gasteiger partial charge on any atom is 0.276 e. The zero-order chi connectivity index (χ0) is 16.2. The molecule has 0 aromatic carbocycles. The van der Waals surface area contributed by atoms with Gasteiger partial charge in [0.1, 0.15) is 6.54 Å². The standard InChI is InChI=1S/C14H18F2N6O/c15-13(16)9-21-8-10(6-18-21)19-14(23)12-3-5-22(20-12)11-2-1-4-17-7-11/h3,5-6,8,11,13,17H,1-2,4,7,9H2,(H,19,23). The molecule has 0 saturated carbocycles. The molecule has 1 aliphatic heterocycles. The van der Waals surface area contributed by atoms with Gasteiger partial charge in [0, 0.05) is 18.9 Å². The molecule has 124 valence electrons. The number of aromatic nitrogens is 4. The van der Waals surface area contributed by atoms with Crippen molar-refractivity contribution in [2.45, 2.75) is 31.9 Å². The Morgan fingerprint density at radius 3 is 3.13 bits per heavy atom. The minimum atomic E-state index is -2.49. The summed E-state index contributed by atoms with van der Waals surface area (Å²) in [6.07, 6.45) is 4.10. The first-order valence-corrected chi connectivity index (χ1v) is 7.49. The van der Waals surface area contributed by atoms with Gasteiger partial charge in [0.05, 0.1) is 17.9 Å². The van der Waals surface area contributed by atoms with Crippen molar-refractivity contribution < 1.29 is 13.6 Å². The Morgan fingerprint density at radius 2 is 2.39 bits per heavy atom. The quantitative estimate of drug-likeness (QED) is 0.874. The highest BCUT2D eigenvalue weighted by molar-refractivity contribution is 6.02. The normalized spacial score (nSPS) is 18.3. The third-order valence-electron chi connectivity index (χ3n) is 3.70. The molecule has 1 amide bonds. The Morgan fingerprint density at radius 1 is 1.52 bits per heavy atom. The highest BCUT2D eigenvalue weighted by Crippen LogP contribution is 2.16. The number of carbonyl (C=O) groups is 1. The van der Waals surface area contributed by atoms with Crippen molar-refractivity contribution in [1.82, 2.24) is 24.9 Å². The summed E-state index contributed by atoms with van der Waals surface area (Å²) in [5.41, 5.74) is 0.654. The SMILES string of the molecule is O=C(Nc1cnn(CC(F)F)c1)c1ccn(C2CCCNC2)n1. The number of anilines is 1. The molecule has 2 aromatic rings. The van der Waals surface area contributed by atoms with E-state index in [4.69, 9.17) is 0 Å². The van der Waals surface area contributed by atoms with Crippen molar-refractivity contribution in [3.05, 3.63) is 30.4 Å². The second kappa shape index (κ2) is 6.86. The fourth-order valence-corrected chi connectivity index (χ4v) is 2.59. The maximum atomic E-state index is 12.3. The second-order valence-electron chi connectivity index (χ2n) is 5.48. The van der Waals surface area contributed by atoms with E-state index in [0.717, 1.165) is 30.6 Å². The number of halogens is 2. The highest BCUT2D eigenvalue weighted by atomic mass is 19.3. The van der Waals surface area contributed by atoms with E-state index >= 15 is 0 Å². The highest BCUT2D eigenvalue weighted by Gasteiger charge is 2.18. The summed E-state index contributed by atoms with van der Waals surface area (Å²) in [6.45, 7) is 1.34. The lowest BCUT2D eigenvalue weighted by atomic mass is 10.1. The predicted molar refractivity (Wildman–Crippen MR) is 79.6 cm³/mol. The molecular weight excluding hydrogens is 306 g/mol. The number of rotatable bonds is 5. The van der Waals surface area contributed by atoms with Crippen LogP contribution in [0.25, 0.3) is 0 Å². The van der Waals surface area contributed by atoms with Crippen LogP contribution in [0.2, 0.25) is 0 Å². The summed E-state index contributed by atoms with van der Waals surface area (Å²) < 4.78 is 27.4. The largest absolute Gasteiger partial charge is 0.318 e. The van der Waals surface area contributed by atoms with E-state index in [0.29, 0.717) is 5.69 Å². The van der Waals surface area contributed by atoms with Crippen LogP contribution in [0.3, 0.4) is 0 Å². The number of nitrogens with one attached hydrogen (secondary N) is 2. The first kappa shape index (κ1) is 15.6. The van der Waals surface area contributed by atoms with Gasteiger partial charge in [-0.25, -0.2) is 8.78 Å². The molecule has 1 aliphatic rings. The molecule has 9 heteroatoms. The molecule has 1 saturated heterocycles. The molecule has 0 radical (unpaired) electrons. The van der Waals surface area contributed by atoms with E-state index in [9.17, 15) is 13.6 Å². The minimum absolute atomic E-state index is 0.249. The topological polar surface area (TPSA) is 76.8 Å². The molecular formula is C14H18F2N6O. The first-order chi connectivity index (χ1) is 11.1. The zero-order valence-corrected chi connectivity index (χ0v) is 12.5. The van der Waals surface area contributed by atoms with E-state index in [-0.39, 0.29) is 17.6 Å². The molecule has 7 nitrogen and oxygen atoms in total. The molecule has 0 spiro atoms. The number of nitrogens with zero attached hydrogens (tertiary/aromatic N) is 4. The predicted octanol–water partition coefficient (Wildman–Crippen LogP) is 1.52. The van der Waals surface area contributed by atoms with E-state index in [1.807, 2.05) is 0 Å². The van der Waals surface area contributed by atoms with Crippen LogP contribution in [0.15, 0.2) is 24.7 Å². The van der Waals surface area contributed by atoms with Crippen molar-refractivity contribution >= 4 is 11.6 Å². The van der Waals surface area contributed by atoms with E-state index in [1.54, 1.807) is 16.9 Å². The number of amides is 1. The number of hydrogen-bond donors (Lipinski definition) is 2. The molecule has 3 heterocycles. The Hall–Kier alpha value is -2.29. The van der Waals surface area contributed by atoms with Gasteiger partial charge in [-0.3, -0.25) is 14.2 Å². The molecule has 3 rings (SSSR count). The van der Waals surface area contributed by atoms with Crippen molar-refractivity contribution in [2.75, 3.05) is 18.4 Å². The summed E-state index contributed by atoms with van der Waals surface area (Å²) in [4.78, 5) is 12.2. The monoisotopic (exact) mass is 324 g/mol. The van der Waals surface area contributed by atoms with Crippen LogP contribution in [0.1, 0.15) is 29.4 Å². The lowest BCUT2D eigenvalue weighted by molar-refractivity contribution is 0.102. The summed E-state index contributed by atoms with van der Waals surface area (Å²) in [5, 5.41) is 14.0. The maximum absolute atomic E-state index is 12.3. The van der Waals surface area contributed by atoms with Crippen LogP contribution in [-0.2, 0) is 6.54 Å². The van der Waals surface area contributed by atoms with Crippen molar-refractivity contribution in [3.8, 4) is 0 Å². The van der Waals surface area contributed by atoms with Crippen LogP contribution in [0.4, 0.5) is 14.5 Å². The molecule has 1 atom stereocenters. The van der Waals surface area contributed by atoms with Crippen LogP contribution in [0.5, 0.6) is 0 Å². The van der Waals surface area contributed by atoms with Gasteiger partial charge in [-0.2, -0.15) is 10.2 Å². The van der Waals surface area contributed by atoms with Gasteiger partial charge < -0.3 is 10.6 Å². The number of hydrogen-bond acceptors (Lipinski definition) is 4. The average Bonchev–Trinajstić information content (AvgIpc) is 3.17. The van der Waals surface area contributed by atoms with E-state index in [2.05, 4.69) is 20.8 Å². The van der Waals surface area contributed by atoms with Crippen molar-refractivity contribution in [1.29, 1.82) is 0 Å². The third-order valence-corrected chi connectivity index (χ3v) is 3.70. The molecule has 1 unspecified atom stereocenters. The molecule has 1 fully saturated rings. The fraction of sp³-hybridized carbons (Fsp3) is 0.500. The van der Waals surface area contributed by atoms with Crippen LogP contribution in [0, 0.1) is 0 Å². The summed E-state index contributed by atoms with van der Waals surface area (Å²) >= 11 is 0. The van der Waals surface area contributed by atoms with Crippen LogP contribution in [-0.4, -0.2) is 45.0 Å². The summed E-state index contributed by atoms with van der Waals surface area (Å²) in [6, 6.07) is 1.90. The number of carbonyl (C=O) groups excluding carboxylic acids is 1. The van der Waals surface area contributed by atoms with Gasteiger partial charge >= 0.3 is 0 Å². The summed E-state index contributed by atoms with van der Waals surface area (Å²) in [5.74, 6) is -0.385. The number of piperidine rings is 1. The molecule has 0 aliphatic carbocycles. The smallest absolute Gasteiger partial charge is 0.276 e. The van der Waals surface area contributed by atoms with Crippen LogP contribution >= 0.6 is 0 Å². The van der Waals surface area contributed by atoms with Gasteiger partial charge in [0.15, 0.2) is 5.69 Å². The van der Waals surface area contributed by atoms with E-state index in [1.165, 1.54) is 12.4 Å². The van der Waals surface area contributed by atoms with Crippen molar-refractivity contribution in [2.24, 2.45) is 0 Å². The fourth-order valence-electron chi connectivity index (χ4n) is 2.59. The Kier molecular flexibility index (Phi) is 4.65. The minimum Gasteiger partial charge on any atom is -0.318 e. The van der Waals surface area contributed by atoms with Gasteiger partial charge in [-0.15, -0.1) is 0 Å². The summed E-state index contributed by atoms with van der Waals surface area (Å²) in [7, 11) is 0. The molecule has 2 N–H and O–H groups in total. The molecule has 0 bridgehead atoms. The number of alkyl halides is 2. The van der Waals surface area contributed by atoms with Gasteiger partial charge in [-0.1, -0.05) is 0 Å². The molecule has 23 heavy (non-hydrogen) atoms. The molecule has 2 aromatic heterocycles. The zero-order valence-electron chi connectivity index (χ0n) is 12.5. The van der Waals surface area contributed by atoms with Crippen LogP contribution < -0.4 is 10.6 Å². The lowest BCUT2D eigenvalue weighted by Gasteiger charge is -2.22. The van der Waals surface area contributed by atoms with E-state index < -0.39 is 13.0 Å². The Bertz CT molecular complexity index is 662. The first-order valence-electron chi connectivity index (χ1n) is 7.49. The lowest BCUT2D eigenvalue weighted by Crippen LogP contribution is -2.32. The van der Waals surface area contributed by atoms with Gasteiger partial charge in [0.25, 0.3) is 12.3 Å². The van der Waals surface area contributed by atoms with Gasteiger partial charge in [-0.05, 0) is 25.5 Å². The Labute approximate surface area is 131 Å². The third kappa shape index (κ3) is 3.92. The average molecular weight is 324 g/mol. The second-order valence-corrected chi connectivity index (χ2v) is 5.48. The van der Waals surface area contributed by atoms with Crippen molar-refractivity contribution in [3.63, 3.8) is 0 Å². The van der Waals surface area contributed by atoms with Gasteiger partial charge in [0.2, 0.25) is 0 Å². The Balaban J connectivity index is 1.62.